The molecule has 0 spiro atoms. The molecule has 0 amide bonds. The standard InChI is InChI=1S/2C10H22.C9H21N.CH4/c3*1-6-10(9(4)5)7-8(2)3;/h2*8-10H,6-7H2,1-5H3;8-9H,6-7H2,1-5H3;1H4. The van der Waals surface area contributed by atoms with Crippen LogP contribution in [-0.4, -0.2) is 24.0 Å². The molecule has 0 rings (SSSR count). The number of nitrogens with zero attached hydrogens (tertiary/aromatic N) is 1. The largest absolute Gasteiger partial charge is 0.301 e. The lowest BCUT2D eigenvalue weighted by Gasteiger charge is -2.26. The number of hydrogen-bond acceptors (Lipinski definition) is 1. The van der Waals surface area contributed by atoms with Crippen molar-refractivity contribution in [2.45, 2.75) is 143 Å². The molecule has 0 fully saturated rings. The Hall–Kier alpha value is -0.0400. The smallest absolute Gasteiger partial charge is 0.00385 e. The van der Waals surface area contributed by atoms with Gasteiger partial charge in [0.2, 0.25) is 0 Å². The lowest BCUT2D eigenvalue weighted by atomic mass is 9.86. The first-order valence-corrected chi connectivity index (χ1v) is 13.5. The van der Waals surface area contributed by atoms with Crippen LogP contribution in [0.3, 0.4) is 0 Å². The number of rotatable bonds is 12. The van der Waals surface area contributed by atoms with Crippen LogP contribution in [-0.2, 0) is 0 Å². The Bertz CT molecular complexity index is 275. The fourth-order valence-electron chi connectivity index (χ4n) is 4.21. The van der Waals surface area contributed by atoms with Gasteiger partial charge in [0, 0.05) is 12.6 Å². The number of hydrogen-bond donors (Lipinski definition) is 0. The molecule has 1 heteroatoms. The van der Waals surface area contributed by atoms with Gasteiger partial charge in [-0.2, -0.15) is 0 Å². The van der Waals surface area contributed by atoms with E-state index in [1.165, 1.54) is 38.8 Å². The van der Waals surface area contributed by atoms with Crippen molar-refractivity contribution in [2.24, 2.45) is 41.4 Å². The topological polar surface area (TPSA) is 3.24 Å². The van der Waals surface area contributed by atoms with Crippen LogP contribution in [0.5, 0.6) is 0 Å². The van der Waals surface area contributed by atoms with E-state index in [2.05, 4.69) is 109 Å². The molecule has 0 aromatic rings. The van der Waals surface area contributed by atoms with Crippen molar-refractivity contribution in [3.63, 3.8) is 0 Å². The summed E-state index contributed by atoms with van der Waals surface area (Å²) in [4.78, 5) is 2.49. The molecule has 1 nitrogen and oxygen atoms in total. The first-order valence-electron chi connectivity index (χ1n) is 13.5. The van der Waals surface area contributed by atoms with E-state index in [-0.39, 0.29) is 7.43 Å². The van der Waals surface area contributed by atoms with Crippen LogP contribution in [0.15, 0.2) is 0 Å². The summed E-state index contributed by atoms with van der Waals surface area (Å²) in [5, 5.41) is 0. The van der Waals surface area contributed by atoms with E-state index in [0.717, 1.165) is 41.4 Å². The van der Waals surface area contributed by atoms with E-state index >= 15 is 0 Å². The Balaban J connectivity index is -0.000000174. The van der Waals surface area contributed by atoms with Gasteiger partial charge in [-0.05, 0) is 74.7 Å². The Morgan fingerprint density at radius 3 is 0.903 bits per heavy atom. The quantitative estimate of drug-likeness (QED) is 0.290. The molecule has 0 saturated heterocycles. The fourth-order valence-corrected chi connectivity index (χ4v) is 4.21. The molecule has 0 aromatic carbocycles. The molecule has 0 bridgehead atoms. The summed E-state index contributed by atoms with van der Waals surface area (Å²) < 4.78 is 0. The summed E-state index contributed by atoms with van der Waals surface area (Å²) in [5.41, 5.74) is 0. The lowest BCUT2D eigenvalue weighted by molar-refractivity contribution is 0.208. The van der Waals surface area contributed by atoms with Crippen LogP contribution < -0.4 is 0 Å². The predicted molar refractivity (Wildman–Crippen MR) is 150 cm³/mol. The van der Waals surface area contributed by atoms with E-state index < -0.39 is 0 Å². The maximum absolute atomic E-state index is 2.49. The molecule has 2 atom stereocenters. The Kier molecular flexibility index (Phi) is 28.5. The van der Waals surface area contributed by atoms with Crippen molar-refractivity contribution in [3.05, 3.63) is 0 Å². The lowest BCUT2D eigenvalue weighted by Crippen LogP contribution is -2.33. The van der Waals surface area contributed by atoms with Gasteiger partial charge in [-0.3, -0.25) is 0 Å². The van der Waals surface area contributed by atoms with Gasteiger partial charge < -0.3 is 4.90 Å². The molecule has 194 valence electrons. The molecule has 0 aliphatic heterocycles. The Labute approximate surface area is 202 Å². The first-order chi connectivity index (χ1) is 13.7. The summed E-state index contributed by atoms with van der Waals surface area (Å²) in [5.74, 6) is 6.15. The third-order valence-electron chi connectivity index (χ3n) is 6.22. The molecular formula is C30H69N. The van der Waals surface area contributed by atoms with Crippen LogP contribution in [0.2, 0.25) is 0 Å². The highest BCUT2D eigenvalue weighted by atomic mass is 15.1. The molecule has 0 aromatic heterocycles. The molecule has 0 heterocycles. The van der Waals surface area contributed by atoms with Crippen LogP contribution >= 0.6 is 0 Å². The summed E-state index contributed by atoms with van der Waals surface area (Å²) in [6, 6.07) is 0.701. The third kappa shape index (κ3) is 26.1. The second-order valence-electron chi connectivity index (χ2n) is 11.7. The SMILES string of the molecule is C.CCC(CC(C)C)C(C)C.CCC(CC(C)C)C(C)C.CCN(CC(C)C)C(C)C. The molecule has 0 N–H and O–H groups in total. The minimum atomic E-state index is 0. The average Bonchev–Trinajstić information content (AvgIpc) is 2.61. The van der Waals surface area contributed by atoms with Crippen molar-refractivity contribution in [2.75, 3.05) is 13.1 Å². The van der Waals surface area contributed by atoms with Crippen molar-refractivity contribution >= 4 is 0 Å². The van der Waals surface area contributed by atoms with E-state index in [4.69, 9.17) is 0 Å². The highest BCUT2D eigenvalue weighted by molar-refractivity contribution is 4.64. The minimum absolute atomic E-state index is 0. The van der Waals surface area contributed by atoms with Crippen LogP contribution in [0, 0.1) is 41.4 Å². The zero-order chi connectivity index (χ0) is 24.4. The maximum atomic E-state index is 2.49. The van der Waals surface area contributed by atoms with Gasteiger partial charge >= 0.3 is 0 Å². The zero-order valence-corrected chi connectivity index (χ0v) is 24.3. The molecule has 0 saturated carbocycles. The minimum Gasteiger partial charge on any atom is -0.301 e. The van der Waals surface area contributed by atoms with Crippen molar-refractivity contribution in [1.29, 1.82) is 0 Å². The van der Waals surface area contributed by atoms with Crippen LogP contribution in [0.4, 0.5) is 0 Å². The second kappa shape index (κ2) is 23.1. The summed E-state index contributed by atoms with van der Waals surface area (Å²) in [6.45, 7) is 36.8. The Morgan fingerprint density at radius 1 is 0.516 bits per heavy atom. The molecule has 0 aliphatic carbocycles. The van der Waals surface area contributed by atoms with E-state index in [0.29, 0.717) is 6.04 Å². The van der Waals surface area contributed by atoms with Crippen molar-refractivity contribution in [1.82, 2.24) is 4.90 Å². The van der Waals surface area contributed by atoms with Gasteiger partial charge in [0.05, 0.1) is 0 Å². The summed E-state index contributed by atoms with van der Waals surface area (Å²) in [7, 11) is 0. The molecule has 31 heavy (non-hydrogen) atoms. The van der Waals surface area contributed by atoms with Crippen molar-refractivity contribution in [3.8, 4) is 0 Å². The molecule has 0 aliphatic rings. The maximum Gasteiger partial charge on any atom is 0.00385 e. The normalized spacial score (nSPS) is 13.4. The summed E-state index contributed by atoms with van der Waals surface area (Å²) >= 11 is 0. The average molecular weight is 444 g/mol. The van der Waals surface area contributed by atoms with Gasteiger partial charge in [-0.25, -0.2) is 0 Å². The van der Waals surface area contributed by atoms with E-state index in [1.54, 1.807) is 0 Å². The van der Waals surface area contributed by atoms with Gasteiger partial charge in [-0.15, -0.1) is 0 Å². The van der Waals surface area contributed by atoms with E-state index in [9.17, 15) is 0 Å². The van der Waals surface area contributed by atoms with E-state index in [1.807, 2.05) is 0 Å². The third-order valence-corrected chi connectivity index (χ3v) is 6.22. The monoisotopic (exact) mass is 444 g/mol. The fraction of sp³-hybridized carbons (Fsp3) is 1.00. The molecule has 0 radical (unpaired) electrons. The van der Waals surface area contributed by atoms with Gasteiger partial charge in [0.25, 0.3) is 0 Å². The first kappa shape index (κ1) is 38.2. The van der Waals surface area contributed by atoms with Crippen LogP contribution in [0.1, 0.15) is 137 Å². The summed E-state index contributed by atoms with van der Waals surface area (Å²) in [6.07, 6.45) is 5.48. The molecule has 2 unspecified atom stereocenters. The Morgan fingerprint density at radius 2 is 0.839 bits per heavy atom. The zero-order valence-electron chi connectivity index (χ0n) is 24.3. The molecular weight excluding hydrogens is 374 g/mol. The highest BCUT2D eigenvalue weighted by Crippen LogP contribution is 2.23. The second-order valence-corrected chi connectivity index (χ2v) is 11.7. The highest BCUT2D eigenvalue weighted by Gasteiger charge is 2.12. The van der Waals surface area contributed by atoms with Gasteiger partial charge in [0.15, 0.2) is 0 Å². The van der Waals surface area contributed by atoms with Crippen LogP contribution in [0.25, 0.3) is 0 Å². The van der Waals surface area contributed by atoms with Crippen molar-refractivity contribution < 1.29 is 0 Å². The van der Waals surface area contributed by atoms with Gasteiger partial charge in [0.1, 0.15) is 0 Å². The van der Waals surface area contributed by atoms with Gasteiger partial charge in [-0.1, -0.05) is 110 Å². The predicted octanol–water partition coefficient (Wildman–Crippen LogP) is 10.4.